The normalized spacial score (nSPS) is 22.5. The second kappa shape index (κ2) is 15.4. The van der Waals surface area contributed by atoms with E-state index in [-0.39, 0.29) is 30.1 Å². The number of carbonyl (C=O) groups excluding carboxylic acids is 2. The zero-order valence-electron chi connectivity index (χ0n) is 29.7. The third-order valence-electron chi connectivity index (χ3n) is 9.93. The molecule has 4 aromatic rings. The van der Waals surface area contributed by atoms with Crippen LogP contribution in [-0.2, 0) is 31.9 Å². The smallest absolute Gasteiger partial charge is 0.262 e. The minimum atomic E-state index is -2.47. The van der Waals surface area contributed by atoms with Gasteiger partial charge in [0.25, 0.3) is 11.8 Å². The van der Waals surface area contributed by atoms with E-state index in [0.717, 1.165) is 21.6 Å². The van der Waals surface area contributed by atoms with E-state index >= 15 is 0 Å². The van der Waals surface area contributed by atoms with Crippen molar-refractivity contribution in [2.75, 3.05) is 6.61 Å². The predicted octanol–water partition coefficient (Wildman–Crippen LogP) is 8.67. The summed E-state index contributed by atoms with van der Waals surface area (Å²) in [6, 6.07) is 34.4. The lowest BCUT2D eigenvalue weighted by Crippen LogP contribution is -2.67. The summed E-state index contributed by atoms with van der Waals surface area (Å²) in [4.78, 5) is 30.8. The molecule has 0 aromatic heterocycles. The highest BCUT2D eigenvalue weighted by molar-refractivity contribution is 7.99. The number of rotatable bonds is 12. The maximum absolute atomic E-state index is 14.3. The second-order valence-electron chi connectivity index (χ2n) is 14.6. The van der Waals surface area contributed by atoms with Crippen molar-refractivity contribution < 1.29 is 28.2 Å². The molecule has 5 atom stereocenters. The molecule has 2 aliphatic rings. The number of benzene rings is 4. The Balaban J connectivity index is 1.44. The van der Waals surface area contributed by atoms with Gasteiger partial charge in [-0.05, 0) is 60.4 Å². The van der Waals surface area contributed by atoms with Gasteiger partial charge >= 0.3 is 0 Å². The molecular formula is C41H47NO6SSi. The Hall–Kier alpha value is -3.57. The van der Waals surface area contributed by atoms with Gasteiger partial charge in [-0.25, -0.2) is 0 Å². The fourth-order valence-electron chi connectivity index (χ4n) is 6.11. The van der Waals surface area contributed by atoms with Crippen molar-refractivity contribution in [3.05, 3.63) is 137 Å². The molecule has 7 nitrogen and oxygen atoms in total. The van der Waals surface area contributed by atoms with Gasteiger partial charge in [0.05, 0.1) is 30.9 Å². The van der Waals surface area contributed by atoms with E-state index in [4.69, 9.17) is 18.6 Å². The van der Waals surface area contributed by atoms with Crippen LogP contribution in [0.15, 0.2) is 114 Å². The van der Waals surface area contributed by atoms with Gasteiger partial charge in [0.1, 0.15) is 29.8 Å². The van der Waals surface area contributed by atoms with E-state index in [0.29, 0.717) is 17.7 Å². The number of ether oxygens (including phenoxy) is 3. The summed E-state index contributed by atoms with van der Waals surface area (Å²) in [5.41, 5.74) is 3.25. The van der Waals surface area contributed by atoms with Crippen LogP contribution < -0.4 is 0 Å². The van der Waals surface area contributed by atoms with E-state index in [1.165, 1.54) is 16.7 Å². The molecule has 262 valence electrons. The van der Waals surface area contributed by atoms with E-state index in [1.54, 1.807) is 24.3 Å². The average Bonchev–Trinajstić information content (AvgIpc) is 3.35. The van der Waals surface area contributed by atoms with Crippen LogP contribution in [0.1, 0.15) is 58.2 Å². The largest absolute Gasteiger partial charge is 0.408 e. The van der Waals surface area contributed by atoms with Crippen molar-refractivity contribution in [2.24, 2.45) is 0 Å². The first-order chi connectivity index (χ1) is 23.9. The molecule has 50 heavy (non-hydrogen) atoms. The molecule has 0 N–H and O–H groups in total. The van der Waals surface area contributed by atoms with E-state index < -0.39 is 38.1 Å². The summed E-state index contributed by atoms with van der Waals surface area (Å²) < 4.78 is 27.6. The number of carbonyl (C=O) groups is 2. The molecule has 4 aromatic carbocycles. The summed E-state index contributed by atoms with van der Waals surface area (Å²) in [5, 5.41) is -0.134. The number of fused-ring (bicyclic) bond motifs is 1. The van der Waals surface area contributed by atoms with Crippen LogP contribution in [0.25, 0.3) is 0 Å². The third-order valence-corrected chi connectivity index (χ3v) is 15.6. The lowest BCUT2D eigenvalue weighted by atomic mass is 9.96. The number of nitrogens with zero attached hydrogens (tertiary/aromatic N) is 1. The molecule has 1 saturated heterocycles. The Morgan fingerprint density at radius 2 is 1.28 bits per heavy atom. The summed E-state index contributed by atoms with van der Waals surface area (Å²) in [7, 11) is -2.47. The molecule has 2 amide bonds. The molecule has 0 unspecified atom stereocenters. The molecule has 2 heterocycles. The number of hydrogen-bond acceptors (Lipinski definition) is 7. The number of thioether (sulfide) groups is 1. The van der Waals surface area contributed by atoms with Gasteiger partial charge in [0.2, 0.25) is 0 Å². The number of aryl methyl sites for hydroxylation is 1. The SMILES string of the molecule is Cc1ccc(S[C@@H]2O[C@H](COCc3ccccc3)[C@@H](O[Si](C)(C)C(C)(C)C)[C@H](OCc3ccccc3)[C@H]2N2C(=O)c3ccccc3C2=O)cc1. The summed E-state index contributed by atoms with van der Waals surface area (Å²) >= 11 is 1.49. The molecule has 1 fully saturated rings. The van der Waals surface area contributed by atoms with E-state index in [9.17, 15) is 9.59 Å². The van der Waals surface area contributed by atoms with Crippen LogP contribution in [0.2, 0.25) is 18.1 Å². The van der Waals surface area contributed by atoms with Gasteiger partial charge in [-0.2, -0.15) is 0 Å². The van der Waals surface area contributed by atoms with Gasteiger partial charge in [0, 0.05) is 4.90 Å². The maximum Gasteiger partial charge on any atom is 0.262 e. The number of hydrogen-bond donors (Lipinski definition) is 0. The molecule has 0 saturated carbocycles. The first-order valence-corrected chi connectivity index (χ1v) is 21.0. The van der Waals surface area contributed by atoms with Crippen molar-refractivity contribution in [3.63, 3.8) is 0 Å². The molecule has 0 bridgehead atoms. The van der Waals surface area contributed by atoms with Crippen LogP contribution in [0.3, 0.4) is 0 Å². The first kappa shape index (κ1) is 36.2. The quantitative estimate of drug-likeness (QED) is 0.108. The Labute approximate surface area is 301 Å². The second-order valence-corrected chi connectivity index (χ2v) is 20.5. The minimum absolute atomic E-state index is 0.134. The molecule has 0 radical (unpaired) electrons. The van der Waals surface area contributed by atoms with Crippen molar-refractivity contribution in [2.45, 2.75) is 93.7 Å². The fraction of sp³-hybridized carbons (Fsp3) is 0.366. The van der Waals surface area contributed by atoms with Crippen LogP contribution in [-0.4, -0.2) is 61.4 Å². The Bertz CT molecular complexity index is 1730. The highest BCUT2D eigenvalue weighted by atomic mass is 32.2. The third kappa shape index (κ3) is 7.99. The fourth-order valence-corrected chi connectivity index (χ4v) is 8.60. The first-order valence-electron chi connectivity index (χ1n) is 17.2. The zero-order valence-corrected chi connectivity index (χ0v) is 31.5. The number of amides is 2. The van der Waals surface area contributed by atoms with E-state index in [2.05, 4.69) is 46.0 Å². The highest BCUT2D eigenvalue weighted by Gasteiger charge is 2.56. The lowest BCUT2D eigenvalue weighted by molar-refractivity contribution is -0.200. The highest BCUT2D eigenvalue weighted by Crippen LogP contribution is 2.44. The standard InChI is InChI=1S/C41H47NO6SSi/c1-28-21-23-31(24-22-28)49-40-35(42-38(43)32-19-13-14-20-33(32)39(42)44)37(46-26-30-17-11-8-12-18-30)36(48-50(5,6)41(2,3)4)34(47-40)27-45-25-29-15-9-7-10-16-29/h7-24,34-37,40H,25-27H2,1-6H3/t34-,35-,36-,37-,40+/m1/s1. The van der Waals surface area contributed by atoms with Crippen molar-refractivity contribution in [3.8, 4) is 0 Å². The minimum Gasteiger partial charge on any atom is -0.408 e. The zero-order chi connectivity index (χ0) is 35.5. The summed E-state index contributed by atoms with van der Waals surface area (Å²) in [6.45, 7) is 13.9. The van der Waals surface area contributed by atoms with Gasteiger partial charge in [-0.15, -0.1) is 0 Å². The van der Waals surface area contributed by atoms with E-state index in [1.807, 2.05) is 79.7 Å². The maximum atomic E-state index is 14.3. The predicted molar refractivity (Wildman–Crippen MR) is 200 cm³/mol. The monoisotopic (exact) mass is 709 g/mol. The van der Waals surface area contributed by atoms with Crippen molar-refractivity contribution in [1.29, 1.82) is 0 Å². The summed E-state index contributed by atoms with van der Waals surface area (Å²) in [5.74, 6) is -0.709. The van der Waals surface area contributed by atoms with Gasteiger partial charge in [0.15, 0.2) is 8.32 Å². The molecule has 0 aliphatic carbocycles. The molecular weight excluding hydrogens is 663 g/mol. The van der Waals surface area contributed by atoms with Crippen molar-refractivity contribution in [1.82, 2.24) is 4.90 Å². The Kier molecular flexibility index (Phi) is 11.1. The molecule has 6 rings (SSSR count). The summed E-state index contributed by atoms with van der Waals surface area (Å²) in [6.07, 6.45) is -1.92. The molecule has 2 aliphatic heterocycles. The van der Waals surface area contributed by atoms with Crippen LogP contribution >= 0.6 is 11.8 Å². The topological polar surface area (TPSA) is 74.3 Å². The van der Waals surface area contributed by atoms with Gasteiger partial charge in [-0.3, -0.25) is 14.5 Å². The van der Waals surface area contributed by atoms with Crippen LogP contribution in [0.4, 0.5) is 0 Å². The van der Waals surface area contributed by atoms with Gasteiger partial charge < -0.3 is 18.6 Å². The Morgan fingerprint density at radius 3 is 1.84 bits per heavy atom. The van der Waals surface area contributed by atoms with Gasteiger partial charge in [-0.1, -0.05) is 123 Å². The van der Waals surface area contributed by atoms with Crippen molar-refractivity contribution >= 4 is 31.9 Å². The van der Waals surface area contributed by atoms with Crippen LogP contribution in [0.5, 0.6) is 0 Å². The Morgan fingerprint density at radius 1 is 0.740 bits per heavy atom. The molecule has 9 heteroatoms. The average molecular weight is 710 g/mol. The lowest BCUT2D eigenvalue weighted by Gasteiger charge is -2.51. The van der Waals surface area contributed by atoms with Crippen LogP contribution in [0, 0.1) is 6.92 Å². The number of imide groups is 1. The molecule has 0 spiro atoms.